The first-order valence-electron chi connectivity index (χ1n) is 12.4. The van der Waals surface area contributed by atoms with E-state index in [4.69, 9.17) is 4.74 Å². The normalized spacial score (nSPS) is 22.2. The van der Waals surface area contributed by atoms with Crippen LogP contribution in [0.2, 0.25) is 0 Å². The van der Waals surface area contributed by atoms with Crippen molar-refractivity contribution in [2.24, 2.45) is 5.92 Å². The van der Waals surface area contributed by atoms with Crippen LogP contribution in [0.15, 0.2) is 31.1 Å². The molecule has 190 valence electrons. The van der Waals surface area contributed by atoms with E-state index in [9.17, 15) is 9.59 Å². The Bertz CT molecular complexity index is 1250. The number of carbonyl (C=O) groups excluding carboxylic acids is 2. The summed E-state index contributed by atoms with van der Waals surface area (Å²) in [4.78, 5) is 36.2. The number of pyridine rings is 1. The third-order valence-electron chi connectivity index (χ3n) is 6.86. The number of likely N-dealkylation sites (tertiary alicyclic amines) is 1. The zero-order valence-electron chi connectivity index (χ0n) is 20.3. The molecule has 3 N–H and O–H groups in total. The average Bonchev–Trinajstić information content (AvgIpc) is 3.50. The Balaban J connectivity index is 1.22. The van der Waals surface area contributed by atoms with E-state index >= 15 is 0 Å². The molecule has 0 radical (unpaired) electrons. The zero-order chi connectivity index (χ0) is 25.1. The molecule has 5 rings (SSSR count). The highest BCUT2D eigenvalue weighted by molar-refractivity contribution is 7.15. The van der Waals surface area contributed by atoms with Crippen molar-refractivity contribution in [3.63, 3.8) is 0 Å². The van der Waals surface area contributed by atoms with E-state index in [-0.39, 0.29) is 29.9 Å². The number of rotatable bonds is 7. The molecular formula is C25H31N7O3S. The topological polar surface area (TPSA) is 125 Å². The molecule has 0 bridgehead atoms. The highest BCUT2D eigenvalue weighted by Gasteiger charge is 2.29. The van der Waals surface area contributed by atoms with Gasteiger partial charge in [0.1, 0.15) is 11.1 Å². The SMILES string of the molecule is C=CC(=O)N1CCC[C@@H](Nc2n[nH]c3nccc(OC4CCC(C(=O)Nc5ncc(C)s5)CC4)c23)C1. The van der Waals surface area contributed by atoms with Gasteiger partial charge < -0.3 is 20.3 Å². The largest absolute Gasteiger partial charge is 0.489 e. The fourth-order valence-electron chi connectivity index (χ4n) is 4.99. The molecule has 2 fully saturated rings. The van der Waals surface area contributed by atoms with Crippen molar-refractivity contribution in [1.82, 2.24) is 25.1 Å². The van der Waals surface area contributed by atoms with E-state index < -0.39 is 0 Å². The summed E-state index contributed by atoms with van der Waals surface area (Å²) >= 11 is 1.49. The Kier molecular flexibility index (Phi) is 7.17. The van der Waals surface area contributed by atoms with Crippen LogP contribution >= 0.6 is 11.3 Å². The summed E-state index contributed by atoms with van der Waals surface area (Å²) in [5, 5.41) is 15.3. The number of aromatic amines is 1. The molecule has 1 aliphatic heterocycles. The predicted molar refractivity (Wildman–Crippen MR) is 139 cm³/mol. The summed E-state index contributed by atoms with van der Waals surface area (Å²) in [7, 11) is 0. The number of nitrogens with zero attached hydrogens (tertiary/aromatic N) is 4. The van der Waals surface area contributed by atoms with Gasteiger partial charge >= 0.3 is 0 Å². The number of amides is 2. The lowest BCUT2D eigenvalue weighted by atomic mass is 9.87. The molecule has 1 saturated heterocycles. The van der Waals surface area contributed by atoms with E-state index in [1.165, 1.54) is 17.4 Å². The van der Waals surface area contributed by atoms with Crippen LogP contribution in [0.4, 0.5) is 10.9 Å². The number of thiazole rings is 1. The highest BCUT2D eigenvalue weighted by atomic mass is 32.1. The van der Waals surface area contributed by atoms with Crippen molar-refractivity contribution in [2.75, 3.05) is 23.7 Å². The fourth-order valence-corrected chi connectivity index (χ4v) is 5.65. The van der Waals surface area contributed by atoms with Gasteiger partial charge in [-0.2, -0.15) is 5.10 Å². The van der Waals surface area contributed by atoms with Gasteiger partial charge in [0.15, 0.2) is 16.6 Å². The standard InChI is InChI=1S/C25H31N7O3S/c1-3-20(33)32-12-4-5-17(14-32)28-23-21-19(10-11-26-22(21)30-31-23)35-18-8-6-16(7-9-18)24(34)29-25-27-13-15(2)36-25/h3,10-11,13,16-18H,1,4-9,12,14H2,2H3,(H,27,29,34)(H2,26,28,30,31)/t16?,17-,18?/m1/s1. The fraction of sp³-hybridized carbons (Fsp3) is 0.480. The Morgan fingerprint density at radius 2 is 2.08 bits per heavy atom. The number of carbonyl (C=O) groups is 2. The molecule has 0 unspecified atom stereocenters. The molecule has 1 aliphatic carbocycles. The number of nitrogens with one attached hydrogen (secondary N) is 3. The lowest BCUT2D eigenvalue weighted by Gasteiger charge is -2.32. The Morgan fingerprint density at radius 3 is 2.83 bits per heavy atom. The maximum atomic E-state index is 12.7. The Hall–Kier alpha value is -3.47. The van der Waals surface area contributed by atoms with Gasteiger partial charge in [-0.25, -0.2) is 9.97 Å². The van der Waals surface area contributed by atoms with Gasteiger partial charge in [-0.05, 0) is 57.6 Å². The molecule has 10 nitrogen and oxygen atoms in total. The van der Waals surface area contributed by atoms with Gasteiger partial charge in [-0.1, -0.05) is 6.58 Å². The molecule has 1 atom stereocenters. The number of piperidine rings is 1. The highest BCUT2D eigenvalue weighted by Crippen LogP contribution is 2.34. The van der Waals surface area contributed by atoms with Gasteiger partial charge in [-0.3, -0.25) is 14.7 Å². The van der Waals surface area contributed by atoms with Gasteiger partial charge in [-0.15, -0.1) is 11.3 Å². The van der Waals surface area contributed by atoms with E-state index in [2.05, 4.69) is 37.4 Å². The van der Waals surface area contributed by atoms with Gasteiger partial charge in [0.05, 0.1) is 6.10 Å². The molecule has 2 aliphatic rings. The third-order valence-corrected chi connectivity index (χ3v) is 7.69. The summed E-state index contributed by atoms with van der Waals surface area (Å²) < 4.78 is 6.42. The molecule has 2 amide bonds. The monoisotopic (exact) mass is 509 g/mol. The van der Waals surface area contributed by atoms with E-state index in [0.29, 0.717) is 23.1 Å². The summed E-state index contributed by atoms with van der Waals surface area (Å²) in [6, 6.07) is 1.94. The number of hydrogen-bond donors (Lipinski definition) is 3. The van der Waals surface area contributed by atoms with Crippen LogP contribution in [0, 0.1) is 12.8 Å². The Labute approximate surface area is 213 Å². The van der Waals surface area contributed by atoms with Crippen LogP contribution < -0.4 is 15.4 Å². The van der Waals surface area contributed by atoms with Crippen LogP contribution in [0.3, 0.4) is 0 Å². The first-order chi connectivity index (χ1) is 17.5. The third kappa shape index (κ3) is 5.35. The molecule has 3 aromatic heterocycles. The number of aryl methyl sites for hydroxylation is 1. The number of ether oxygens (including phenoxy) is 1. The first kappa shape index (κ1) is 24.2. The first-order valence-corrected chi connectivity index (χ1v) is 13.2. The lowest BCUT2D eigenvalue weighted by Crippen LogP contribution is -2.44. The van der Waals surface area contributed by atoms with Crippen molar-refractivity contribution in [1.29, 1.82) is 0 Å². The summed E-state index contributed by atoms with van der Waals surface area (Å²) in [5.74, 6) is 1.34. The molecule has 0 spiro atoms. The lowest BCUT2D eigenvalue weighted by molar-refractivity contribution is -0.127. The Morgan fingerprint density at radius 1 is 1.25 bits per heavy atom. The summed E-state index contributed by atoms with van der Waals surface area (Å²) in [5.41, 5.74) is 0.650. The van der Waals surface area contributed by atoms with Crippen molar-refractivity contribution in [3.8, 4) is 5.75 Å². The van der Waals surface area contributed by atoms with Gasteiger partial charge in [0, 0.05) is 42.3 Å². The van der Waals surface area contributed by atoms with Crippen molar-refractivity contribution >= 4 is 45.1 Å². The van der Waals surface area contributed by atoms with Crippen LogP contribution in [0.1, 0.15) is 43.4 Å². The maximum Gasteiger partial charge on any atom is 0.246 e. The smallest absolute Gasteiger partial charge is 0.246 e. The number of fused-ring (bicyclic) bond motifs is 1. The molecule has 11 heteroatoms. The quantitative estimate of drug-likeness (QED) is 0.413. The molecule has 36 heavy (non-hydrogen) atoms. The summed E-state index contributed by atoms with van der Waals surface area (Å²) in [6.45, 7) is 6.91. The molecule has 3 aromatic rings. The van der Waals surface area contributed by atoms with Crippen LogP contribution in [-0.2, 0) is 9.59 Å². The summed E-state index contributed by atoms with van der Waals surface area (Å²) in [6.07, 6.45) is 9.83. The van der Waals surface area contributed by atoms with Crippen molar-refractivity contribution in [2.45, 2.75) is 57.6 Å². The van der Waals surface area contributed by atoms with Crippen LogP contribution in [0.25, 0.3) is 11.0 Å². The number of H-pyrrole nitrogens is 1. The minimum atomic E-state index is -0.0508. The van der Waals surface area contributed by atoms with Crippen molar-refractivity contribution in [3.05, 3.63) is 36.0 Å². The van der Waals surface area contributed by atoms with E-state index in [1.54, 1.807) is 12.4 Å². The van der Waals surface area contributed by atoms with E-state index in [1.807, 2.05) is 17.9 Å². The molecule has 4 heterocycles. The molecular weight excluding hydrogens is 478 g/mol. The number of aromatic nitrogens is 4. The second kappa shape index (κ2) is 10.7. The minimum absolute atomic E-state index is 0.0138. The predicted octanol–water partition coefficient (Wildman–Crippen LogP) is 3.89. The minimum Gasteiger partial charge on any atom is -0.489 e. The zero-order valence-corrected chi connectivity index (χ0v) is 21.1. The second-order valence-corrected chi connectivity index (χ2v) is 10.7. The van der Waals surface area contributed by atoms with Gasteiger partial charge in [0.2, 0.25) is 11.8 Å². The maximum absolute atomic E-state index is 12.7. The van der Waals surface area contributed by atoms with Crippen molar-refractivity contribution < 1.29 is 14.3 Å². The molecule has 0 aromatic carbocycles. The second-order valence-electron chi connectivity index (χ2n) is 9.43. The van der Waals surface area contributed by atoms with Crippen LogP contribution in [0.5, 0.6) is 5.75 Å². The average molecular weight is 510 g/mol. The van der Waals surface area contributed by atoms with Gasteiger partial charge in [0.25, 0.3) is 0 Å². The number of hydrogen-bond acceptors (Lipinski definition) is 8. The van der Waals surface area contributed by atoms with Crippen LogP contribution in [-0.4, -0.2) is 62.1 Å². The molecule has 1 saturated carbocycles. The van der Waals surface area contributed by atoms with E-state index in [0.717, 1.165) is 61.1 Å². The number of anilines is 2.